The molecule has 29 heavy (non-hydrogen) atoms. The van der Waals surface area contributed by atoms with Crippen molar-refractivity contribution in [1.29, 1.82) is 0 Å². The number of urea groups is 1. The predicted octanol–water partition coefficient (Wildman–Crippen LogP) is 0.250. The number of methoxy groups -OCH3 is 2. The van der Waals surface area contributed by atoms with Crippen LogP contribution in [-0.2, 0) is 26.1 Å². The quantitative estimate of drug-likeness (QED) is 0.417. The lowest BCUT2D eigenvalue weighted by atomic mass is 10.1. The smallest absolute Gasteiger partial charge is 0.330 e. The number of nitrogens with one attached hydrogen (secondary N) is 2. The van der Waals surface area contributed by atoms with Crippen molar-refractivity contribution in [3.05, 3.63) is 35.8 Å². The topological polar surface area (TPSA) is 141 Å². The van der Waals surface area contributed by atoms with Gasteiger partial charge in [-0.3, -0.25) is 0 Å². The lowest BCUT2D eigenvalue weighted by Crippen LogP contribution is -2.43. The molecule has 2 amide bonds. The zero-order valence-corrected chi connectivity index (χ0v) is 17.1. The molecule has 0 atom stereocenters. The third-order valence-corrected chi connectivity index (χ3v) is 5.40. The number of aliphatic hydroxyl groups excluding tert-OH is 1. The molecule has 0 fully saturated rings. The van der Waals surface area contributed by atoms with E-state index in [4.69, 9.17) is 9.47 Å². The lowest BCUT2D eigenvalue weighted by molar-refractivity contribution is 0.122. The van der Waals surface area contributed by atoms with E-state index in [0.717, 1.165) is 10.5 Å². The van der Waals surface area contributed by atoms with Gasteiger partial charge in [0.25, 0.3) is 0 Å². The third kappa shape index (κ3) is 6.14. The standard InChI is InChI=1S/C17H26N4O7S/c1-27-9-7-20(8-10-28-2)17(24)18-6-5-13-3-4-14(15(22)11-13)21-12-16(23)19-29(21,25)26/h3-4,11-12,19,22-23H,5-10H2,1-2H3,(H,18,24). The minimum Gasteiger partial charge on any atom is -0.506 e. The molecule has 12 heteroatoms. The average Bonchev–Trinajstić information content (AvgIpc) is 2.93. The molecule has 0 aromatic heterocycles. The summed E-state index contributed by atoms with van der Waals surface area (Å²) in [5.74, 6) is -0.811. The first-order valence-corrected chi connectivity index (χ1v) is 10.3. The van der Waals surface area contributed by atoms with Crippen molar-refractivity contribution in [3.63, 3.8) is 0 Å². The molecule has 1 aliphatic rings. The zero-order valence-electron chi connectivity index (χ0n) is 16.3. The molecule has 0 bridgehead atoms. The highest BCUT2D eigenvalue weighted by Crippen LogP contribution is 2.32. The number of aromatic hydroxyl groups is 1. The fraction of sp³-hybridized carbons (Fsp3) is 0.471. The van der Waals surface area contributed by atoms with Crippen molar-refractivity contribution < 1.29 is 32.9 Å². The van der Waals surface area contributed by atoms with Gasteiger partial charge in [-0.05, 0) is 24.1 Å². The molecular formula is C17H26N4O7S. The highest BCUT2D eigenvalue weighted by molar-refractivity contribution is 7.91. The fourth-order valence-electron chi connectivity index (χ4n) is 2.64. The minimum absolute atomic E-state index is 0.000332. The number of aliphatic hydroxyl groups is 1. The maximum Gasteiger partial charge on any atom is 0.330 e. The van der Waals surface area contributed by atoms with Crippen LogP contribution < -0.4 is 14.3 Å². The summed E-state index contributed by atoms with van der Waals surface area (Å²) >= 11 is 0. The predicted molar refractivity (Wildman–Crippen MR) is 106 cm³/mol. The first-order chi connectivity index (χ1) is 13.8. The number of benzene rings is 1. The molecule has 2 rings (SSSR count). The number of anilines is 1. The Morgan fingerprint density at radius 2 is 1.86 bits per heavy atom. The van der Waals surface area contributed by atoms with Gasteiger partial charge in [-0.2, -0.15) is 8.42 Å². The number of ether oxygens (including phenoxy) is 2. The monoisotopic (exact) mass is 430 g/mol. The summed E-state index contributed by atoms with van der Waals surface area (Å²) < 4.78 is 36.4. The summed E-state index contributed by atoms with van der Waals surface area (Å²) in [5, 5.41) is 22.3. The van der Waals surface area contributed by atoms with Crippen molar-refractivity contribution in [2.24, 2.45) is 0 Å². The molecule has 11 nitrogen and oxygen atoms in total. The van der Waals surface area contributed by atoms with E-state index in [0.29, 0.717) is 44.8 Å². The number of phenols is 1. The van der Waals surface area contributed by atoms with Crippen LogP contribution >= 0.6 is 0 Å². The molecule has 4 N–H and O–H groups in total. The van der Waals surface area contributed by atoms with Gasteiger partial charge in [0.05, 0.1) is 19.4 Å². The van der Waals surface area contributed by atoms with E-state index in [9.17, 15) is 23.4 Å². The van der Waals surface area contributed by atoms with E-state index < -0.39 is 16.1 Å². The summed E-state index contributed by atoms with van der Waals surface area (Å²) in [4.78, 5) is 13.9. The molecule has 0 aliphatic carbocycles. The molecule has 0 saturated heterocycles. The van der Waals surface area contributed by atoms with Crippen molar-refractivity contribution in [2.45, 2.75) is 6.42 Å². The molecule has 0 spiro atoms. The maximum absolute atomic E-state index is 12.3. The number of hydrogen-bond acceptors (Lipinski definition) is 7. The molecular weight excluding hydrogens is 404 g/mol. The minimum atomic E-state index is -3.98. The number of carbonyl (C=O) groups excluding carboxylic acids is 1. The van der Waals surface area contributed by atoms with Gasteiger partial charge in [0.2, 0.25) is 5.88 Å². The third-order valence-electron chi connectivity index (χ3n) is 4.12. The van der Waals surface area contributed by atoms with Crippen LogP contribution in [0.25, 0.3) is 0 Å². The van der Waals surface area contributed by atoms with Gasteiger partial charge in [0.15, 0.2) is 0 Å². The highest BCUT2D eigenvalue weighted by Gasteiger charge is 2.30. The number of carbonyl (C=O) groups is 1. The molecule has 1 heterocycles. The summed E-state index contributed by atoms with van der Waals surface area (Å²) in [6.45, 7) is 1.99. The summed E-state index contributed by atoms with van der Waals surface area (Å²) in [5.41, 5.74) is 0.698. The van der Waals surface area contributed by atoms with E-state index in [2.05, 4.69) is 5.32 Å². The van der Waals surface area contributed by atoms with Crippen LogP contribution in [0.2, 0.25) is 0 Å². The SMILES string of the molecule is COCCN(CCOC)C(=O)NCCc1ccc(N2C=C(O)NS2(=O)=O)c(O)c1. The summed E-state index contributed by atoms with van der Waals surface area (Å²) in [6.07, 6.45) is 1.38. The number of amides is 2. The van der Waals surface area contributed by atoms with E-state index in [1.165, 1.54) is 12.1 Å². The molecule has 1 aliphatic heterocycles. The van der Waals surface area contributed by atoms with Crippen LogP contribution in [0.1, 0.15) is 5.56 Å². The Kier molecular flexibility index (Phi) is 7.93. The zero-order chi connectivity index (χ0) is 21.4. The molecule has 0 saturated carbocycles. The Labute approximate surface area is 169 Å². The number of nitrogens with zero attached hydrogens (tertiary/aromatic N) is 2. The van der Waals surface area contributed by atoms with Gasteiger partial charge in [-0.1, -0.05) is 6.07 Å². The average molecular weight is 430 g/mol. The van der Waals surface area contributed by atoms with Gasteiger partial charge in [-0.15, -0.1) is 0 Å². The molecule has 1 aromatic rings. The van der Waals surface area contributed by atoms with Crippen molar-refractivity contribution in [2.75, 3.05) is 51.4 Å². The van der Waals surface area contributed by atoms with Gasteiger partial charge in [0.1, 0.15) is 11.4 Å². The van der Waals surface area contributed by atoms with Crippen LogP contribution in [0.5, 0.6) is 5.75 Å². The van der Waals surface area contributed by atoms with Crippen LogP contribution in [0.15, 0.2) is 30.3 Å². The molecule has 162 valence electrons. The van der Waals surface area contributed by atoms with Crippen molar-refractivity contribution in [3.8, 4) is 5.75 Å². The maximum atomic E-state index is 12.3. The second-order valence-corrected chi connectivity index (χ2v) is 7.74. The molecule has 0 radical (unpaired) electrons. The Bertz CT molecular complexity index is 836. The Morgan fingerprint density at radius 1 is 1.21 bits per heavy atom. The Morgan fingerprint density at radius 3 is 2.38 bits per heavy atom. The van der Waals surface area contributed by atoms with Gasteiger partial charge >= 0.3 is 16.2 Å². The van der Waals surface area contributed by atoms with E-state index in [1.807, 2.05) is 4.72 Å². The number of hydrogen-bond donors (Lipinski definition) is 4. The largest absolute Gasteiger partial charge is 0.506 e. The highest BCUT2D eigenvalue weighted by atomic mass is 32.2. The first-order valence-electron chi connectivity index (χ1n) is 8.84. The lowest BCUT2D eigenvalue weighted by Gasteiger charge is -2.22. The van der Waals surface area contributed by atoms with Gasteiger partial charge < -0.3 is 29.9 Å². The van der Waals surface area contributed by atoms with Crippen LogP contribution in [0.4, 0.5) is 10.5 Å². The normalized spacial score (nSPS) is 15.0. The second kappa shape index (κ2) is 10.2. The van der Waals surface area contributed by atoms with Crippen molar-refractivity contribution >= 4 is 21.9 Å². The van der Waals surface area contributed by atoms with Crippen LogP contribution in [0.3, 0.4) is 0 Å². The van der Waals surface area contributed by atoms with Gasteiger partial charge in [-0.25, -0.2) is 13.8 Å². The number of phenolic OH excluding ortho intramolecular Hbond substituents is 1. The van der Waals surface area contributed by atoms with E-state index in [1.54, 1.807) is 25.2 Å². The Balaban J connectivity index is 1.94. The second-order valence-electron chi connectivity index (χ2n) is 6.19. The molecule has 0 unspecified atom stereocenters. The summed E-state index contributed by atoms with van der Waals surface area (Å²) in [7, 11) is -0.863. The van der Waals surface area contributed by atoms with E-state index in [-0.39, 0.29) is 17.5 Å². The number of rotatable bonds is 10. The Hall–Kier alpha value is -2.70. The van der Waals surface area contributed by atoms with Crippen molar-refractivity contribution in [1.82, 2.24) is 14.9 Å². The fourth-order valence-corrected chi connectivity index (χ4v) is 3.71. The van der Waals surface area contributed by atoms with Gasteiger partial charge in [0, 0.05) is 33.9 Å². The summed E-state index contributed by atoms with van der Waals surface area (Å²) in [6, 6.07) is 4.21. The van der Waals surface area contributed by atoms with Crippen LogP contribution in [-0.4, -0.2) is 76.6 Å². The molecule has 1 aromatic carbocycles. The first kappa shape index (κ1) is 22.6. The van der Waals surface area contributed by atoms with Crippen LogP contribution in [0, 0.1) is 0 Å². The van der Waals surface area contributed by atoms with E-state index >= 15 is 0 Å².